The fraction of sp³-hybridized carbons (Fsp3) is 0.409. The molecule has 0 fully saturated rings. The van der Waals surface area contributed by atoms with Gasteiger partial charge < -0.3 is 10.1 Å². The maximum Gasteiger partial charge on any atom is 0.248 e. The molecule has 1 atom stereocenters. The Morgan fingerprint density at radius 2 is 1.76 bits per heavy atom. The third-order valence-electron chi connectivity index (χ3n) is 4.84. The van der Waals surface area contributed by atoms with E-state index in [1.54, 1.807) is 19.1 Å². The van der Waals surface area contributed by atoms with E-state index in [0.29, 0.717) is 11.4 Å². The lowest BCUT2D eigenvalue weighted by molar-refractivity contribution is -0.116. The topological polar surface area (TPSA) is 75.7 Å². The van der Waals surface area contributed by atoms with Gasteiger partial charge in [0.2, 0.25) is 15.9 Å². The number of hydrogen-bond acceptors (Lipinski definition) is 4. The monoisotopic (exact) mass is 418 g/mol. The molecule has 0 bridgehead atoms. The van der Waals surface area contributed by atoms with Gasteiger partial charge in [0.15, 0.2) is 0 Å². The first-order valence-electron chi connectivity index (χ1n) is 9.51. The Balaban J connectivity index is 2.49. The van der Waals surface area contributed by atoms with Crippen molar-refractivity contribution in [3.8, 4) is 5.75 Å². The largest absolute Gasteiger partial charge is 0.495 e. The molecule has 2 rings (SSSR count). The van der Waals surface area contributed by atoms with Gasteiger partial charge in [-0.15, -0.1) is 0 Å². The summed E-state index contributed by atoms with van der Waals surface area (Å²) in [5.41, 5.74) is 3.86. The van der Waals surface area contributed by atoms with Gasteiger partial charge >= 0.3 is 0 Å². The van der Waals surface area contributed by atoms with E-state index in [4.69, 9.17) is 4.74 Å². The number of hydrogen-bond donors (Lipinski definition) is 1. The minimum atomic E-state index is -3.75. The van der Waals surface area contributed by atoms with Crippen molar-refractivity contribution in [1.29, 1.82) is 0 Å². The van der Waals surface area contributed by atoms with Gasteiger partial charge in [-0.25, -0.2) is 8.42 Å². The molecular formula is C22H30N2O4S. The fourth-order valence-corrected chi connectivity index (χ4v) is 4.49. The number of amides is 1. The molecule has 0 spiro atoms. The molecule has 1 N–H and O–H groups in total. The van der Waals surface area contributed by atoms with Crippen molar-refractivity contribution in [3.05, 3.63) is 53.1 Å². The van der Waals surface area contributed by atoms with Gasteiger partial charge in [0, 0.05) is 5.69 Å². The first kappa shape index (κ1) is 22.7. The van der Waals surface area contributed by atoms with E-state index in [1.165, 1.54) is 7.11 Å². The van der Waals surface area contributed by atoms with Crippen molar-refractivity contribution in [2.45, 2.75) is 46.6 Å². The van der Waals surface area contributed by atoms with Crippen LogP contribution in [0.4, 0.5) is 11.4 Å². The Bertz CT molecular complexity index is 1000. The van der Waals surface area contributed by atoms with Crippen molar-refractivity contribution < 1.29 is 17.9 Å². The summed E-state index contributed by atoms with van der Waals surface area (Å²) >= 11 is 0. The molecule has 29 heavy (non-hydrogen) atoms. The average Bonchev–Trinajstić information content (AvgIpc) is 2.62. The van der Waals surface area contributed by atoms with Gasteiger partial charge in [0.05, 0.1) is 19.1 Å². The molecule has 158 valence electrons. The predicted molar refractivity (Wildman–Crippen MR) is 118 cm³/mol. The van der Waals surface area contributed by atoms with Gasteiger partial charge in [-0.05, 0) is 55.5 Å². The van der Waals surface area contributed by atoms with E-state index in [1.807, 2.05) is 52.0 Å². The van der Waals surface area contributed by atoms with E-state index < -0.39 is 22.0 Å². The number of carbonyl (C=O) groups excluding carboxylic acids is 1. The zero-order valence-electron chi connectivity index (χ0n) is 18.1. The van der Waals surface area contributed by atoms with E-state index >= 15 is 0 Å². The molecule has 0 saturated carbocycles. The number of para-hydroxylation sites is 1. The molecule has 0 heterocycles. The third-order valence-corrected chi connectivity index (χ3v) is 6.06. The standard InChI is InChI=1S/C22H30N2O4S/c1-14(2)18-10-8-9-16(4)21(18)23-22(25)17(5)24(29(7,26)27)19-13-15(3)11-12-20(19)28-6/h8-14,17H,1-7H3,(H,23,25)/t17-/m1/s1. The smallest absolute Gasteiger partial charge is 0.248 e. The Labute approximate surface area is 173 Å². The second-order valence-corrected chi connectivity index (χ2v) is 9.45. The number of methoxy groups -OCH3 is 1. The summed E-state index contributed by atoms with van der Waals surface area (Å²) in [7, 11) is -2.27. The number of benzene rings is 2. The van der Waals surface area contributed by atoms with Crippen molar-refractivity contribution in [2.75, 3.05) is 23.0 Å². The van der Waals surface area contributed by atoms with Crippen LogP contribution in [0, 0.1) is 13.8 Å². The highest BCUT2D eigenvalue weighted by Gasteiger charge is 2.32. The van der Waals surface area contributed by atoms with Crippen LogP contribution in [0.2, 0.25) is 0 Å². The van der Waals surface area contributed by atoms with Crippen molar-refractivity contribution >= 4 is 27.3 Å². The number of carbonyl (C=O) groups is 1. The Hall–Kier alpha value is -2.54. The highest BCUT2D eigenvalue weighted by Crippen LogP contribution is 2.33. The fourth-order valence-electron chi connectivity index (χ4n) is 3.32. The van der Waals surface area contributed by atoms with Crippen LogP contribution in [0.15, 0.2) is 36.4 Å². The van der Waals surface area contributed by atoms with Crippen LogP contribution >= 0.6 is 0 Å². The molecule has 0 radical (unpaired) electrons. The normalized spacial score (nSPS) is 12.6. The molecule has 1 amide bonds. The lowest BCUT2D eigenvalue weighted by atomic mass is 9.98. The molecule has 0 unspecified atom stereocenters. The highest BCUT2D eigenvalue weighted by atomic mass is 32.2. The zero-order chi connectivity index (χ0) is 21.9. The number of sulfonamides is 1. The first-order valence-corrected chi connectivity index (χ1v) is 11.4. The quantitative estimate of drug-likeness (QED) is 0.730. The summed E-state index contributed by atoms with van der Waals surface area (Å²) in [5.74, 6) is 0.193. The summed E-state index contributed by atoms with van der Waals surface area (Å²) < 4.78 is 31.8. The number of nitrogens with zero attached hydrogens (tertiary/aromatic N) is 1. The van der Waals surface area contributed by atoms with Gasteiger partial charge in [0.25, 0.3) is 0 Å². The maximum atomic E-state index is 13.1. The van der Waals surface area contributed by atoms with E-state index in [9.17, 15) is 13.2 Å². The summed E-state index contributed by atoms with van der Waals surface area (Å²) in [6.07, 6.45) is 1.09. The van der Waals surface area contributed by atoms with Crippen LogP contribution < -0.4 is 14.4 Å². The number of nitrogens with one attached hydrogen (secondary N) is 1. The number of ether oxygens (including phenoxy) is 1. The molecule has 0 saturated heterocycles. The number of aryl methyl sites for hydroxylation is 2. The molecule has 2 aromatic rings. The Morgan fingerprint density at radius 3 is 2.31 bits per heavy atom. The SMILES string of the molecule is COc1ccc(C)cc1N([C@H](C)C(=O)Nc1c(C)cccc1C(C)C)S(C)(=O)=O. The third kappa shape index (κ3) is 5.09. The Kier molecular flexibility index (Phi) is 6.95. The summed E-state index contributed by atoms with van der Waals surface area (Å²) in [4.78, 5) is 13.1. The molecule has 6 nitrogen and oxygen atoms in total. The van der Waals surface area contributed by atoms with Gasteiger partial charge in [-0.2, -0.15) is 0 Å². The Morgan fingerprint density at radius 1 is 1.10 bits per heavy atom. The van der Waals surface area contributed by atoms with Crippen LogP contribution in [0.1, 0.15) is 43.4 Å². The molecule has 7 heteroatoms. The summed E-state index contributed by atoms with van der Waals surface area (Å²) in [5, 5.41) is 2.95. The van der Waals surface area contributed by atoms with E-state index in [-0.39, 0.29) is 5.92 Å². The van der Waals surface area contributed by atoms with E-state index in [0.717, 1.165) is 32.9 Å². The first-order chi connectivity index (χ1) is 13.5. The summed E-state index contributed by atoms with van der Waals surface area (Å²) in [6.45, 7) is 9.45. The van der Waals surface area contributed by atoms with Crippen LogP contribution in [0.3, 0.4) is 0 Å². The second kappa shape index (κ2) is 8.86. The highest BCUT2D eigenvalue weighted by molar-refractivity contribution is 7.92. The van der Waals surface area contributed by atoms with E-state index in [2.05, 4.69) is 5.32 Å². The van der Waals surface area contributed by atoms with Crippen molar-refractivity contribution in [1.82, 2.24) is 0 Å². The number of rotatable bonds is 7. The van der Waals surface area contributed by atoms with Crippen LogP contribution in [0.25, 0.3) is 0 Å². The number of anilines is 2. The lowest BCUT2D eigenvalue weighted by Crippen LogP contribution is -2.45. The summed E-state index contributed by atoms with van der Waals surface area (Å²) in [6, 6.07) is 10.1. The van der Waals surface area contributed by atoms with Gasteiger partial charge in [-0.3, -0.25) is 9.10 Å². The second-order valence-electron chi connectivity index (χ2n) is 7.59. The van der Waals surface area contributed by atoms with Gasteiger partial charge in [0.1, 0.15) is 11.8 Å². The molecule has 0 aliphatic heterocycles. The molecular weight excluding hydrogens is 388 g/mol. The molecule has 0 aliphatic carbocycles. The molecule has 0 aromatic heterocycles. The minimum absolute atomic E-state index is 0.211. The molecule has 2 aromatic carbocycles. The van der Waals surface area contributed by atoms with Crippen LogP contribution in [-0.2, 0) is 14.8 Å². The van der Waals surface area contributed by atoms with Crippen molar-refractivity contribution in [3.63, 3.8) is 0 Å². The minimum Gasteiger partial charge on any atom is -0.495 e. The van der Waals surface area contributed by atoms with Crippen LogP contribution in [-0.4, -0.2) is 33.7 Å². The lowest BCUT2D eigenvalue weighted by Gasteiger charge is -2.30. The maximum absolute atomic E-state index is 13.1. The molecule has 0 aliphatic rings. The van der Waals surface area contributed by atoms with Gasteiger partial charge in [-0.1, -0.05) is 38.1 Å². The predicted octanol–water partition coefficient (Wildman–Crippen LogP) is 4.23. The van der Waals surface area contributed by atoms with Crippen LogP contribution in [0.5, 0.6) is 5.75 Å². The zero-order valence-corrected chi connectivity index (χ0v) is 18.9. The van der Waals surface area contributed by atoms with Crippen molar-refractivity contribution in [2.24, 2.45) is 0 Å². The average molecular weight is 419 g/mol.